The molecule has 2 aromatic heterocycles. The molecule has 5 heteroatoms. The summed E-state index contributed by atoms with van der Waals surface area (Å²) in [5.41, 5.74) is 2.44. The second kappa shape index (κ2) is 6.04. The summed E-state index contributed by atoms with van der Waals surface area (Å²) in [7, 11) is 0. The standard InChI is InChI=1S/C14H15N3O2/c1-10-9-12(11-5-2-3-8-15-11)17-13(16-10)6-4-7-14(18)19/h2-3,5,8-9H,4,6-7H2,1H3,(H,18,19). The average molecular weight is 257 g/mol. The maximum absolute atomic E-state index is 10.5. The molecule has 98 valence electrons. The van der Waals surface area contributed by atoms with E-state index < -0.39 is 5.97 Å². The molecule has 5 nitrogen and oxygen atoms in total. The van der Waals surface area contributed by atoms with Crippen LogP contribution >= 0.6 is 0 Å². The van der Waals surface area contributed by atoms with Crippen molar-refractivity contribution in [1.82, 2.24) is 15.0 Å². The van der Waals surface area contributed by atoms with Crippen LogP contribution in [0.4, 0.5) is 0 Å². The molecule has 0 aromatic carbocycles. The summed E-state index contributed by atoms with van der Waals surface area (Å²) in [6.07, 6.45) is 2.96. The van der Waals surface area contributed by atoms with Crippen molar-refractivity contribution in [3.05, 3.63) is 42.0 Å². The van der Waals surface area contributed by atoms with Gasteiger partial charge in [-0.1, -0.05) is 6.07 Å². The molecule has 0 amide bonds. The second-order valence-electron chi connectivity index (χ2n) is 4.27. The molecule has 0 aliphatic carbocycles. The van der Waals surface area contributed by atoms with Crippen molar-refractivity contribution in [1.29, 1.82) is 0 Å². The molecule has 2 heterocycles. The fraction of sp³-hybridized carbons (Fsp3) is 0.286. The summed E-state index contributed by atoms with van der Waals surface area (Å²) in [4.78, 5) is 23.5. The van der Waals surface area contributed by atoms with Crippen LogP contribution < -0.4 is 0 Å². The monoisotopic (exact) mass is 257 g/mol. The average Bonchev–Trinajstić information content (AvgIpc) is 2.39. The highest BCUT2D eigenvalue weighted by molar-refractivity contribution is 5.66. The lowest BCUT2D eigenvalue weighted by molar-refractivity contribution is -0.137. The molecule has 2 rings (SSSR count). The van der Waals surface area contributed by atoms with Crippen LogP contribution in [0.2, 0.25) is 0 Å². The zero-order valence-corrected chi connectivity index (χ0v) is 10.7. The Morgan fingerprint density at radius 3 is 2.79 bits per heavy atom. The van der Waals surface area contributed by atoms with Gasteiger partial charge in [0.25, 0.3) is 0 Å². The predicted molar refractivity (Wildman–Crippen MR) is 70.6 cm³/mol. The van der Waals surface area contributed by atoms with E-state index >= 15 is 0 Å². The number of aryl methyl sites for hydroxylation is 2. The van der Waals surface area contributed by atoms with Crippen LogP contribution in [-0.2, 0) is 11.2 Å². The van der Waals surface area contributed by atoms with Gasteiger partial charge >= 0.3 is 5.97 Å². The first-order valence-corrected chi connectivity index (χ1v) is 6.13. The smallest absolute Gasteiger partial charge is 0.303 e. The van der Waals surface area contributed by atoms with E-state index in [1.807, 2.05) is 31.2 Å². The molecule has 0 radical (unpaired) electrons. The Bertz CT molecular complexity index is 570. The lowest BCUT2D eigenvalue weighted by atomic mass is 10.2. The zero-order valence-electron chi connectivity index (χ0n) is 10.7. The fourth-order valence-electron chi connectivity index (χ4n) is 1.79. The highest BCUT2D eigenvalue weighted by Gasteiger charge is 2.06. The van der Waals surface area contributed by atoms with Crippen molar-refractivity contribution < 1.29 is 9.90 Å². The summed E-state index contributed by atoms with van der Waals surface area (Å²) in [6.45, 7) is 1.90. The minimum atomic E-state index is -0.794. The Kier molecular flexibility index (Phi) is 4.18. The first kappa shape index (κ1) is 13.1. The zero-order chi connectivity index (χ0) is 13.7. The minimum absolute atomic E-state index is 0.135. The van der Waals surface area contributed by atoms with Gasteiger partial charge in [0.15, 0.2) is 0 Å². The first-order chi connectivity index (χ1) is 9.15. The van der Waals surface area contributed by atoms with E-state index in [0.29, 0.717) is 18.7 Å². The van der Waals surface area contributed by atoms with Gasteiger partial charge in [-0.3, -0.25) is 9.78 Å². The van der Waals surface area contributed by atoms with Gasteiger partial charge in [0.05, 0.1) is 11.4 Å². The number of hydrogen-bond acceptors (Lipinski definition) is 4. The summed E-state index contributed by atoms with van der Waals surface area (Å²) >= 11 is 0. The van der Waals surface area contributed by atoms with Gasteiger partial charge < -0.3 is 5.11 Å². The van der Waals surface area contributed by atoms with Gasteiger partial charge in [-0.25, -0.2) is 9.97 Å². The maximum Gasteiger partial charge on any atom is 0.303 e. The number of aromatic nitrogens is 3. The largest absolute Gasteiger partial charge is 0.481 e. The van der Waals surface area contributed by atoms with Gasteiger partial charge in [-0.05, 0) is 31.5 Å². The van der Waals surface area contributed by atoms with Crippen LogP contribution in [0, 0.1) is 6.92 Å². The van der Waals surface area contributed by atoms with Crippen LogP contribution in [0.3, 0.4) is 0 Å². The molecule has 0 aliphatic heterocycles. The first-order valence-electron chi connectivity index (χ1n) is 6.13. The minimum Gasteiger partial charge on any atom is -0.481 e. The number of rotatable bonds is 5. The molecule has 0 spiro atoms. The van der Waals surface area contributed by atoms with E-state index in [1.54, 1.807) is 6.20 Å². The van der Waals surface area contributed by atoms with E-state index in [0.717, 1.165) is 17.1 Å². The van der Waals surface area contributed by atoms with Gasteiger partial charge in [0.2, 0.25) is 0 Å². The Morgan fingerprint density at radius 1 is 1.26 bits per heavy atom. The van der Waals surface area contributed by atoms with Crippen molar-refractivity contribution in [3.8, 4) is 11.4 Å². The molecule has 0 saturated heterocycles. The van der Waals surface area contributed by atoms with E-state index in [4.69, 9.17) is 5.11 Å². The third-order valence-corrected chi connectivity index (χ3v) is 2.62. The van der Waals surface area contributed by atoms with Gasteiger partial charge in [0, 0.05) is 24.7 Å². The fourth-order valence-corrected chi connectivity index (χ4v) is 1.79. The third-order valence-electron chi connectivity index (χ3n) is 2.62. The Morgan fingerprint density at radius 2 is 2.11 bits per heavy atom. The Labute approximate surface area is 111 Å². The summed E-state index contributed by atoms with van der Waals surface area (Å²) in [6, 6.07) is 7.53. The van der Waals surface area contributed by atoms with Crippen molar-refractivity contribution >= 4 is 5.97 Å². The van der Waals surface area contributed by atoms with Crippen LogP contribution in [0.15, 0.2) is 30.5 Å². The normalized spacial score (nSPS) is 10.4. The summed E-state index contributed by atoms with van der Waals surface area (Å²) < 4.78 is 0. The molecule has 1 N–H and O–H groups in total. The van der Waals surface area contributed by atoms with Crippen molar-refractivity contribution in [2.45, 2.75) is 26.2 Å². The molecule has 19 heavy (non-hydrogen) atoms. The molecule has 0 saturated carbocycles. The molecule has 0 aliphatic rings. The van der Waals surface area contributed by atoms with Crippen LogP contribution in [0.1, 0.15) is 24.4 Å². The molecule has 0 fully saturated rings. The number of nitrogens with zero attached hydrogens (tertiary/aromatic N) is 3. The number of aliphatic carboxylic acids is 1. The molecular weight excluding hydrogens is 242 g/mol. The number of pyridine rings is 1. The lowest BCUT2D eigenvalue weighted by Crippen LogP contribution is -2.02. The van der Waals surface area contributed by atoms with Gasteiger partial charge in [-0.15, -0.1) is 0 Å². The lowest BCUT2D eigenvalue weighted by Gasteiger charge is -2.05. The molecule has 0 bridgehead atoms. The van der Waals surface area contributed by atoms with Crippen LogP contribution in [-0.4, -0.2) is 26.0 Å². The highest BCUT2D eigenvalue weighted by atomic mass is 16.4. The molecule has 2 aromatic rings. The number of carboxylic acids is 1. The van der Waals surface area contributed by atoms with Crippen molar-refractivity contribution in [3.63, 3.8) is 0 Å². The van der Waals surface area contributed by atoms with E-state index in [1.165, 1.54) is 0 Å². The summed E-state index contributed by atoms with van der Waals surface area (Å²) in [5, 5.41) is 8.63. The SMILES string of the molecule is Cc1cc(-c2ccccn2)nc(CCCC(=O)O)n1. The van der Waals surface area contributed by atoms with Gasteiger partial charge in [-0.2, -0.15) is 0 Å². The van der Waals surface area contributed by atoms with E-state index in [-0.39, 0.29) is 6.42 Å². The van der Waals surface area contributed by atoms with Crippen molar-refractivity contribution in [2.75, 3.05) is 0 Å². The quantitative estimate of drug-likeness (QED) is 0.889. The number of hydrogen-bond donors (Lipinski definition) is 1. The third kappa shape index (κ3) is 3.84. The Balaban J connectivity index is 2.18. The van der Waals surface area contributed by atoms with Gasteiger partial charge in [0.1, 0.15) is 5.82 Å². The predicted octanol–water partition coefficient (Wildman–Crippen LogP) is 2.25. The Hall–Kier alpha value is -2.30. The van der Waals surface area contributed by atoms with E-state index in [2.05, 4.69) is 15.0 Å². The summed E-state index contributed by atoms with van der Waals surface area (Å²) in [5.74, 6) is -0.125. The topological polar surface area (TPSA) is 76.0 Å². The van der Waals surface area contributed by atoms with Crippen LogP contribution in [0.25, 0.3) is 11.4 Å². The molecular formula is C14H15N3O2. The number of carbonyl (C=O) groups is 1. The number of carboxylic acid groups (broad SMARTS) is 1. The molecule has 0 unspecified atom stereocenters. The van der Waals surface area contributed by atoms with E-state index in [9.17, 15) is 4.79 Å². The molecule has 0 atom stereocenters. The van der Waals surface area contributed by atoms with Crippen molar-refractivity contribution in [2.24, 2.45) is 0 Å². The second-order valence-corrected chi connectivity index (χ2v) is 4.27. The highest BCUT2D eigenvalue weighted by Crippen LogP contribution is 2.15. The maximum atomic E-state index is 10.5. The van der Waals surface area contributed by atoms with Crippen LogP contribution in [0.5, 0.6) is 0 Å².